The van der Waals surface area contributed by atoms with Crippen LogP contribution in [0.3, 0.4) is 0 Å². The molecule has 0 saturated carbocycles. The van der Waals surface area contributed by atoms with Crippen molar-refractivity contribution in [2.75, 3.05) is 19.6 Å². The first-order valence-corrected chi connectivity index (χ1v) is 7.40. The molecule has 1 atom stereocenters. The molecule has 0 bridgehead atoms. The minimum absolute atomic E-state index is 0.0698. The number of carbonyl (C=O) groups excluding carboxylic acids is 1. The first-order chi connectivity index (χ1) is 9.65. The predicted octanol–water partition coefficient (Wildman–Crippen LogP) is 2.36. The molecule has 1 aliphatic heterocycles. The van der Waals surface area contributed by atoms with E-state index in [9.17, 15) is 9.18 Å². The summed E-state index contributed by atoms with van der Waals surface area (Å²) < 4.78 is 12.8. The molecule has 2 rings (SSSR count). The van der Waals surface area contributed by atoms with E-state index >= 15 is 0 Å². The summed E-state index contributed by atoms with van der Waals surface area (Å²) in [5.74, 6) is -0.169. The van der Waals surface area contributed by atoms with Crippen LogP contribution in [0.15, 0.2) is 24.3 Å². The first kappa shape index (κ1) is 15.0. The molecule has 0 spiro atoms. The molecule has 1 fully saturated rings. The summed E-state index contributed by atoms with van der Waals surface area (Å²) in [4.78, 5) is 14.2. The van der Waals surface area contributed by atoms with Crippen LogP contribution in [0.5, 0.6) is 0 Å². The lowest BCUT2D eigenvalue weighted by atomic mass is 10.1. The number of hydrogen-bond acceptors (Lipinski definition) is 2. The highest BCUT2D eigenvalue weighted by Gasteiger charge is 2.18. The Morgan fingerprint density at radius 2 is 1.95 bits per heavy atom. The second kappa shape index (κ2) is 7.39. The van der Waals surface area contributed by atoms with Crippen LogP contribution < -0.4 is 5.32 Å². The lowest BCUT2D eigenvalue weighted by Gasteiger charge is -2.23. The third-order valence-electron chi connectivity index (χ3n) is 3.91. The van der Waals surface area contributed by atoms with Crippen molar-refractivity contribution in [3.8, 4) is 0 Å². The van der Waals surface area contributed by atoms with Gasteiger partial charge in [-0.3, -0.25) is 9.69 Å². The maximum atomic E-state index is 12.8. The molecule has 1 unspecified atom stereocenters. The number of benzene rings is 1. The normalized spacial score (nSPS) is 17.1. The minimum Gasteiger partial charge on any atom is -0.355 e. The van der Waals surface area contributed by atoms with E-state index in [1.165, 1.54) is 25.0 Å². The van der Waals surface area contributed by atoms with Gasteiger partial charge in [0.2, 0.25) is 5.91 Å². The van der Waals surface area contributed by atoms with Gasteiger partial charge in [0, 0.05) is 19.0 Å². The smallest absolute Gasteiger partial charge is 0.220 e. The molecule has 1 aliphatic rings. The van der Waals surface area contributed by atoms with Gasteiger partial charge in [0.1, 0.15) is 5.82 Å². The third-order valence-corrected chi connectivity index (χ3v) is 3.91. The third kappa shape index (κ3) is 4.60. The van der Waals surface area contributed by atoms with Gasteiger partial charge in [-0.15, -0.1) is 0 Å². The van der Waals surface area contributed by atoms with Gasteiger partial charge in [-0.2, -0.15) is 0 Å². The van der Waals surface area contributed by atoms with E-state index in [0.29, 0.717) is 25.4 Å². The number of nitrogens with one attached hydrogen (secondary N) is 1. The Morgan fingerprint density at radius 1 is 1.30 bits per heavy atom. The fourth-order valence-corrected chi connectivity index (χ4v) is 2.57. The van der Waals surface area contributed by atoms with Gasteiger partial charge in [-0.05, 0) is 57.0 Å². The molecule has 1 aromatic rings. The summed E-state index contributed by atoms with van der Waals surface area (Å²) in [7, 11) is 0. The Balaban J connectivity index is 1.66. The van der Waals surface area contributed by atoms with E-state index < -0.39 is 0 Å². The molecule has 1 amide bonds. The van der Waals surface area contributed by atoms with Gasteiger partial charge >= 0.3 is 0 Å². The van der Waals surface area contributed by atoms with Crippen LogP contribution in [-0.4, -0.2) is 36.5 Å². The molecule has 0 radical (unpaired) electrons. The molecule has 1 heterocycles. The Kier molecular flexibility index (Phi) is 5.53. The number of amides is 1. The second-order valence-electron chi connectivity index (χ2n) is 5.52. The fraction of sp³-hybridized carbons (Fsp3) is 0.562. The summed E-state index contributed by atoms with van der Waals surface area (Å²) in [6, 6.07) is 6.74. The summed E-state index contributed by atoms with van der Waals surface area (Å²) in [5.41, 5.74) is 0.995. The lowest BCUT2D eigenvalue weighted by Crippen LogP contribution is -2.40. The molecular formula is C16H23FN2O. The lowest BCUT2D eigenvalue weighted by molar-refractivity contribution is -0.121. The molecule has 4 heteroatoms. The summed E-state index contributed by atoms with van der Waals surface area (Å²) in [6.45, 7) is 5.16. The molecule has 3 nitrogen and oxygen atoms in total. The SMILES string of the molecule is CC(CNC(=O)CCc1ccc(F)cc1)N1CCCC1. The highest BCUT2D eigenvalue weighted by molar-refractivity contribution is 5.76. The zero-order valence-electron chi connectivity index (χ0n) is 12.1. The number of nitrogens with zero attached hydrogens (tertiary/aromatic N) is 1. The first-order valence-electron chi connectivity index (χ1n) is 7.40. The number of carbonyl (C=O) groups is 1. The Hall–Kier alpha value is -1.42. The maximum absolute atomic E-state index is 12.8. The van der Waals surface area contributed by atoms with Crippen molar-refractivity contribution in [2.24, 2.45) is 0 Å². The van der Waals surface area contributed by atoms with E-state index in [-0.39, 0.29) is 11.7 Å². The van der Waals surface area contributed by atoms with Crippen LogP contribution in [0.2, 0.25) is 0 Å². The van der Waals surface area contributed by atoms with Gasteiger partial charge in [-0.25, -0.2) is 4.39 Å². The molecule has 1 N–H and O–H groups in total. The number of halogens is 1. The zero-order valence-corrected chi connectivity index (χ0v) is 12.1. The van der Waals surface area contributed by atoms with Gasteiger partial charge < -0.3 is 5.32 Å². The van der Waals surface area contributed by atoms with Crippen LogP contribution in [0, 0.1) is 5.82 Å². The van der Waals surface area contributed by atoms with Crippen molar-refractivity contribution in [3.63, 3.8) is 0 Å². The number of aryl methyl sites for hydroxylation is 1. The monoisotopic (exact) mass is 278 g/mol. The van der Waals surface area contributed by atoms with Crippen molar-refractivity contribution in [3.05, 3.63) is 35.6 Å². The molecule has 0 aliphatic carbocycles. The maximum Gasteiger partial charge on any atom is 0.220 e. The number of rotatable bonds is 6. The van der Waals surface area contributed by atoms with Gasteiger partial charge in [0.25, 0.3) is 0 Å². The van der Waals surface area contributed by atoms with E-state index in [0.717, 1.165) is 18.7 Å². The summed E-state index contributed by atoms with van der Waals surface area (Å²) in [5, 5.41) is 2.99. The van der Waals surface area contributed by atoms with Crippen molar-refractivity contribution >= 4 is 5.91 Å². The van der Waals surface area contributed by atoms with Crippen molar-refractivity contribution in [1.29, 1.82) is 0 Å². The Morgan fingerprint density at radius 3 is 2.60 bits per heavy atom. The molecule has 1 saturated heterocycles. The van der Waals surface area contributed by atoms with E-state index in [2.05, 4.69) is 17.1 Å². The van der Waals surface area contributed by atoms with Crippen molar-refractivity contribution in [2.45, 2.75) is 38.6 Å². The Bertz CT molecular complexity index is 427. The number of hydrogen-bond donors (Lipinski definition) is 1. The van der Waals surface area contributed by atoms with Crippen LogP contribution in [-0.2, 0) is 11.2 Å². The number of likely N-dealkylation sites (tertiary alicyclic amines) is 1. The molecule has 110 valence electrons. The standard InChI is InChI=1S/C16H23FN2O/c1-13(19-10-2-3-11-19)12-18-16(20)9-6-14-4-7-15(17)8-5-14/h4-5,7-8,13H,2-3,6,9-12H2,1H3,(H,18,20). The van der Waals surface area contributed by atoms with Crippen LogP contribution >= 0.6 is 0 Å². The van der Waals surface area contributed by atoms with E-state index in [4.69, 9.17) is 0 Å². The van der Waals surface area contributed by atoms with Crippen LogP contribution in [0.4, 0.5) is 4.39 Å². The topological polar surface area (TPSA) is 32.3 Å². The minimum atomic E-state index is -0.238. The van der Waals surface area contributed by atoms with Crippen LogP contribution in [0.25, 0.3) is 0 Å². The molecule has 20 heavy (non-hydrogen) atoms. The predicted molar refractivity (Wildman–Crippen MR) is 78.0 cm³/mol. The van der Waals surface area contributed by atoms with E-state index in [1.54, 1.807) is 12.1 Å². The Labute approximate surface area is 120 Å². The van der Waals surface area contributed by atoms with E-state index in [1.807, 2.05) is 0 Å². The average molecular weight is 278 g/mol. The highest BCUT2D eigenvalue weighted by Crippen LogP contribution is 2.11. The average Bonchev–Trinajstić information content (AvgIpc) is 2.98. The highest BCUT2D eigenvalue weighted by atomic mass is 19.1. The van der Waals surface area contributed by atoms with Gasteiger partial charge in [0.15, 0.2) is 0 Å². The molecule has 1 aromatic carbocycles. The van der Waals surface area contributed by atoms with Crippen molar-refractivity contribution < 1.29 is 9.18 Å². The molecular weight excluding hydrogens is 255 g/mol. The van der Waals surface area contributed by atoms with Gasteiger partial charge in [-0.1, -0.05) is 12.1 Å². The second-order valence-corrected chi connectivity index (χ2v) is 5.52. The summed E-state index contributed by atoms with van der Waals surface area (Å²) in [6.07, 6.45) is 3.65. The van der Waals surface area contributed by atoms with Crippen molar-refractivity contribution in [1.82, 2.24) is 10.2 Å². The quantitative estimate of drug-likeness (QED) is 0.866. The summed E-state index contributed by atoms with van der Waals surface area (Å²) >= 11 is 0. The zero-order chi connectivity index (χ0) is 14.4. The molecule has 0 aromatic heterocycles. The van der Waals surface area contributed by atoms with Crippen LogP contribution in [0.1, 0.15) is 31.7 Å². The fourth-order valence-electron chi connectivity index (χ4n) is 2.57. The largest absolute Gasteiger partial charge is 0.355 e. The van der Waals surface area contributed by atoms with Gasteiger partial charge in [0.05, 0.1) is 0 Å².